The van der Waals surface area contributed by atoms with E-state index in [0.29, 0.717) is 38.9 Å². The fourth-order valence-electron chi connectivity index (χ4n) is 3.95. The molecule has 2 saturated heterocycles. The summed E-state index contributed by atoms with van der Waals surface area (Å²) in [5, 5.41) is 9.68. The summed E-state index contributed by atoms with van der Waals surface area (Å²) in [6.07, 6.45) is 2.65. The second-order valence-corrected chi connectivity index (χ2v) is 7.82. The molecule has 5 unspecified atom stereocenters. The number of carbonyl (C=O) groups is 1. The fraction of sp³-hybridized carbons (Fsp3) is 0.682. The highest BCUT2D eigenvalue weighted by Crippen LogP contribution is 2.42. The molecule has 1 N–H and O–H groups in total. The fourth-order valence-corrected chi connectivity index (χ4v) is 3.95. The molecule has 0 aromatic heterocycles. The van der Waals surface area contributed by atoms with Gasteiger partial charge < -0.3 is 24.1 Å². The molecule has 1 aromatic rings. The molecule has 0 aliphatic carbocycles. The number of carbonyl (C=O) groups excluding carboxylic acids is 1. The second-order valence-electron chi connectivity index (χ2n) is 7.82. The number of hydrogen-bond acceptors (Lipinski definition) is 6. The predicted molar refractivity (Wildman–Crippen MR) is 103 cm³/mol. The first-order chi connectivity index (χ1) is 13.5. The van der Waals surface area contributed by atoms with Gasteiger partial charge in [-0.15, -0.1) is 0 Å². The summed E-state index contributed by atoms with van der Waals surface area (Å²) < 4.78 is 23.8. The van der Waals surface area contributed by atoms with Crippen molar-refractivity contribution in [1.29, 1.82) is 0 Å². The van der Waals surface area contributed by atoms with Crippen molar-refractivity contribution in [2.45, 2.75) is 76.7 Å². The Morgan fingerprint density at radius 2 is 2.00 bits per heavy atom. The monoisotopic (exact) mass is 392 g/mol. The first-order valence-electron chi connectivity index (χ1n) is 10.3. The minimum atomic E-state index is -0.795. The summed E-state index contributed by atoms with van der Waals surface area (Å²) in [4.78, 5) is 12.1. The van der Waals surface area contributed by atoms with Crippen molar-refractivity contribution in [3.8, 4) is 0 Å². The molecule has 2 heterocycles. The van der Waals surface area contributed by atoms with Crippen LogP contribution in [0.15, 0.2) is 30.3 Å². The molecule has 5 atom stereocenters. The Morgan fingerprint density at radius 3 is 2.71 bits per heavy atom. The maximum Gasteiger partial charge on any atom is 0.335 e. The number of hydrogen-bond donors (Lipinski definition) is 1. The third-order valence-corrected chi connectivity index (χ3v) is 5.65. The summed E-state index contributed by atoms with van der Waals surface area (Å²) in [6, 6.07) is 10.1. The molecule has 0 bridgehead atoms. The van der Waals surface area contributed by atoms with E-state index in [1.54, 1.807) is 6.92 Å². The lowest BCUT2D eigenvalue weighted by atomic mass is 9.98. The molecule has 1 aromatic carbocycles. The Bertz CT molecular complexity index is 621. The third kappa shape index (κ3) is 5.32. The van der Waals surface area contributed by atoms with Crippen molar-refractivity contribution in [3.63, 3.8) is 0 Å². The zero-order valence-electron chi connectivity index (χ0n) is 16.8. The third-order valence-electron chi connectivity index (χ3n) is 5.65. The molecule has 3 rings (SSSR count). The van der Waals surface area contributed by atoms with Crippen LogP contribution in [-0.2, 0) is 30.3 Å². The Hall–Kier alpha value is -1.47. The van der Waals surface area contributed by atoms with Crippen LogP contribution in [0.2, 0.25) is 0 Å². The van der Waals surface area contributed by atoms with Gasteiger partial charge in [-0.25, -0.2) is 4.79 Å². The number of benzene rings is 1. The highest BCUT2D eigenvalue weighted by Gasteiger charge is 2.48. The second kappa shape index (κ2) is 9.83. The van der Waals surface area contributed by atoms with Crippen LogP contribution < -0.4 is 0 Å². The van der Waals surface area contributed by atoms with E-state index >= 15 is 0 Å². The van der Waals surface area contributed by atoms with Gasteiger partial charge in [0.05, 0.1) is 25.4 Å². The van der Waals surface area contributed by atoms with Crippen LogP contribution in [0.5, 0.6) is 0 Å². The van der Waals surface area contributed by atoms with E-state index in [9.17, 15) is 9.90 Å². The van der Waals surface area contributed by atoms with Gasteiger partial charge in [-0.1, -0.05) is 37.3 Å². The molecule has 28 heavy (non-hydrogen) atoms. The van der Waals surface area contributed by atoms with Crippen molar-refractivity contribution in [3.05, 3.63) is 35.9 Å². The number of aliphatic hydroxyl groups excluding tert-OH is 1. The molecule has 6 nitrogen and oxygen atoms in total. The molecule has 156 valence electrons. The zero-order chi connectivity index (χ0) is 20.0. The quantitative estimate of drug-likeness (QED) is 0.719. The van der Waals surface area contributed by atoms with Gasteiger partial charge in [0, 0.05) is 31.8 Å². The summed E-state index contributed by atoms with van der Waals surface area (Å²) >= 11 is 0. The van der Waals surface area contributed by atoms with Gasteiger partial charge in [-0.05, 0) is 25.3 Å². The maximum absolute atomic E-state index is 12.1. The number of aliphatic hydroxyl groups is 1. The minimum absolute atomic E-state index is 0.0174. The van der Waals surface area contributed by atoms with Crippen LogP contribution in [0.25, 0.3) is 0 Å². The Labute approximate surface area is 167 Å². The number of ether oxygens (including phenoxy) is 4. The normalized spacial score (nSPS) is 31.5. The lowest BCUT2D eigenvalue weighted by Gasteiger charge is -2.33. The summed E-state index contributed by atoms with van der Waals surface area (Å²) in [6.45, 7) is 4.68. The predicted octanol–water partition coefficient (Wildman–Crippen LogP) is 3.21. The number of esters is 1. The smallest absolute Gasteiger partial charge is 0.335 e. The molecule has 2 fully saturated rings. The molecular weight excluding hydrogens is 360 g/mol. The van der Waals surface area contributed by atoms with Gasteiger partial charge in [0.25, 0.3) is 0 Å². The van der Waals surface area contributed by atoms with E-state index < -0.39 is 11.9 Å². The largest absolute Gasteiger partial charge is 0.464 e. The average molecular weight is 392 g/mol. The zero-order valence-corrected chi connectivity index (χ0v) is 16.8. The topological polar surface area (TPSA) is 74.2 Å². The van der Waals surface area contributed by atoms with Crippen LogP contribution in [0.4, 0.5) is 0 Å². The van der Waals surface area contributed by atoms with Crippen molar-refractivity contribution in [2.24, 2.45) is 5.92 Å². The molecule has 0 saturated carbocycles. The number of rotatable bonds is 7. The average Bonchev–Trinajstić information content (AvgIpc) is 3.04. The standard InChI is InChI=1S/C22H32O6/c1-3-25-21(24)19-10-12-22(27-19)11-9-18(13-20(28-22)16(2)14-23)26-15-17-7-5-4-6-8-17/h4-8,16,18-20,23H,3,9-15H2,1-2H3. The molecule has 2 aliphatic rings. The van der Waals surface area contributed by atoms with E-state index in [1.165, 1.54) is 0 Å². The molecule has 1 spiro atoms. The Morgan fingerprint density at radius 1 is 1.25 bits per heavy atom. The van der Waals surface area contributed by atoms with Gasteiger partial charge >= 0.3 is 5.97 Å². The Kier molecular flexibility index (Phi) is 7.46. The van der Waals surface area contributed by atoms with E-state index in [0.717, 1.165) is 12.0 Å². The van der Waals surface area contributed by atoms with Gasteiger partial charge in [0.1, 0.15) is 0 Å². The van der Waals surface area contributed by atoms with Crippen molar-refractivity contribution >= 4 is 5.97 Å². The van der Waals surface area contributed by atoms with E-state index in [4.69, 9.17) is 18.9 Å². The van der Waals surface area contributed by atoms with Gasteiger partial charge in [-0.2, -0.15) is 0 Å². The molecule has 0 amide bonds. The van der Waals surface area contributed by atoms with E-state index in [1.807, 2.05) is 37.3 Å². The highest BCUT2D eigenvalue weighted by molar-refractivity contribution is 5.75. The van der Waals surface area contributed by atoms with E-state index in [-0.39, 0.29) is 30.7 Å². The van der Waals surface area contributed by atoms with Crippen LogP contribution in [0, 0.1) is 5.92 Å². The van der Waals surface area contributed by atoms with Crippen molar-refractivity contribution < 1.29 is 28.8 Å². The SMILES string of the molecule is CCOC(=O)C1CCC2(CCC(OCc3ccccc3)CC(C(C)CO)O2)O1. The first kappa shape index (κ1) is 21.2. The van der Waals surface area contributed by atoms with Gasteiger partial charge in [-0.3, -0.25) is 0 Å². The van der Waals surface area contributed by atoms with Crippen molar-refractivity contribution in [1.82, 2.24) is 0 Å². The van der Waals surface area contributed by atoms with Crippen LogP contribution in [0.3, 0.4) is 0 Å². The van der Waals surface area contributed by atoms with Crippen LogP contribution >= 0.6 is 0 Å². The first-order valence-corrected chi connectivity index (χ1v) is 10.3. The lowest BCUT2D eigenvalue weighted by Crippen LogP contribution is -2.39. The van der Waals surface area contributed by atoms with Gasteiger partial charge in [0.15, 0.2) is 11.9 Å². The van der Waals surface area contributed by atoms with Gasteiger partial charge in [0.2, 0.25) is 0 Å². The molecule has 0 radical (unpaired) electrons. The maximum atomic E-state index is 12.1. The summed E-state index contributed by atoms with van der Waals surface area (Å²) in [5.41, 5.74) is 1.13. The van der Waals surface area contributed by atoms with Crippen LogP contribution in [-0.4, -0.2) is 48.4 Å². The molecular formula is C22H32O6. The van der Waals surface area contributed by atoms with Crippen LogP contribution in [0.1, 0.15) is 51.5 Å². The summed E-state index contributed by atoms with van der Waals surface area (Å²) in [5.74, 6) is -1.16. The lowest BCUT2D eigenvalue weighted by molar-refractivity contribution is -0.257. The summed E-state index contributed by atoms with van der Waals surface area (Å²) in [7, 11) is 0. The van der Waals surface area contributed by atoms with E-state index in [2.05, 4.69) is 0 Å². The van der Waals surface area contributed by atoms with Crippen molar-refractivity contribution in [2.75, 3.05) is 13.2 Å². The highest BCUT2D eigenvalue weighted by atomic mass is 16.7. The molecule has 2 aliphatic heterocycles. The molecule has 6 heteroatoms. The Balaban J connectivity index is 1.66. The minimum Gasteiger partial charge on any atom is -0.464 e.